The molecule has 0 saturated heterocycles. The Morgan fingerprint density at radius 1 is 1.43 bits per heavy atom. The Labute approximate surface area is 130 Å². The normalized spacial score (nSPS) is 12.3. The Hall–Kier alpha value is -2.58. The van der Waals surface area contributed by atoms with Gasteiger partial charge in [-0.2, -0.15) is 13.2 Å². The number of aliphatic carboxylic acids is 1. The van der Waals surface area contributed by atoms with E-state index < -0.39 is 30.7 Å². The molecular formula is C14H15F3N2O4. The quantitative estimate of drug-likeness (QED) is 0.712. The van der Waals surface area contributed by atoms with E-state index in [0.717, 1.165) is 6.07 Å². The molecule has 1 heterocycles. The third-order valence-electron chi connectivity index (χ3n) is 2.60. The molecule has 0 aromatic carbocycles. The van der Waals surface area contributed by atoms with Crippen molar-refractivity contribution in [2.24, 2.45) is 0 Å². The summed E-state index contributed by atoms with van der Waals surface area (Å²) in [6, 6.07) is 2.53. The highest BCUT2D eigenvalue weighted by molar-refractivity contribution is 5.95. The number of amides is 1. The molecule has 0 aliphatic rings. The van der Waals surface area contributed by atoms with Crippen LogP contribution in [0.2, 0.25) is 0 Å². The second kappa shape index (κ2) is 8.16. The fraction of sp³-hybridized carbons (Fsp3) is 0.357. The molecule has 0 aliphatic carbocycles. The van der Waals surface area contributed by atoms with E-state index in [1.54, 1.807) is 0 Å². The Bertz CT molecular complexity index is 575. The lowest BCUT2D eigenvalue weighted by molar-refractivity contribution is -0.154. The minimum Gasteiger partial charge on any atom is -0.480 e. The maximum absolute atomic E-state index is 12.1. The largest absolute Gasteiger partial charge is 0.480 e. The number of aromatic nitrogens is 1. The van der Waals surface area contributed by atoms with Gasteiger partial charge >= 0.3 is 12.1 Å². The van der Waals surface area contributed by atoms with Crippen molar-refractivity contribution < 1.29 is 32.6 Å². The lowest BCUT2D eigenvalue weighted by Gasteiger charge is -2.14. The van der Waals surface area contributed by atoms with Crippen LogP contribution in [0, 0.1) is 0 Å². The van der Waals surface area contributed by atoms with Crippen LogP contribution in [0.4, 0.5) is 13.2 Å². The highest BCUT2D eigenvalue weighted by Crippen LogP contribution is 2.17. The monoisotopic (exact) mass is 332 g/mol. The molecule has 9 heteroatoms. The molecule has 0 spiro atoms. The third-order valence-corrected chi connectivity index (χ3v) is 2.60. The summed E-state index contributed by atoms with van der Waals surface area (Å²) >= 11 is 0. The molecule has 0 saturated carbocycles. The molecule has 1 atom stereocenters. The molecule has 1 aromatic heterocycles. The number of alkyl halides is 3. The van der Waals surface area contributed by atoms with Gasteiger partial charge in [0.25, 0.3) is 5.91 Å². The van der Waals surface area contributed by atoms with E-state index in [2.05, 4.69) is 21.6 Å². The van der Waals surface area contributed by atoms with Crippen LogP contribution < -0.4 is 10.1 Å². The summed E-state index contributed by atoms with van der Waals surface area (Å²) in [6.07, 6.45) is -2.51. The fourth-order valence-electron chi connectivity index (χ4n) is 1.55. The zero-order chi connectivity index (χ0) is 17.5. The highest BCUT2D eigenvalue weighted by atomic mass is 19.4. The first-order valence-electron chi connectivity index (χ1n) is 6.54. The molecule has 2 N–H and O–H groups in total. The van der Waals surface area contributed by atoms with Crippen LogP contribution in [-0.2, 0) is 4.79 Å². The zero-order valence-corrected chi connectivity index (χ0v) is 12.0. The number of pyridine rings is 1. The number of halogens is 3. The molecule has 1 unspecified atom stereocenters. The summed E-state index contributed by atoms with van der Waals surface area (Å²) in [7, 11) is 0. The number of carboxylic acid groups (broad SMARTS) is 1. The Balaban J connectivity index is 2.75. The smallest absolute Gasteiger partial charge is 0.422 e. The van der Waals surface area contributed by atoms with Gasteiger partial charge in [-0.05, 0) is 18.9 Å². The summed E-state index contributed by atoms with van der Waals surface area (Å²) < 4.78 is 40.7. The maximum Gasteiger partial charge on any atom is 0.422 e. The Morgan fingerprint density at radius 3 is 2.70 bits per heavy atom. The minimum atomic E-state index is -4.53. The van der Waals surface area contributed by atoms with E-state index in [1.807, 2.05) is 0 Å². The molecule has 1 aromatic rings. The molecular weight excluding hydrogens is 317 g/mol. The topological polar surface area (TPSA) is 88.5 Å². The zero-order valence-electron chi connectivity index (χ0n) is 12.0. The van der Waals surface area contributed by atoms with Gasteiger partial charge in [-0.15, -0.1) is 6.58 Å². The van der Waals surface area contributed by atoms with E-state index >= 15 is 0 Å². The van der Waals surface area contributed by atoms with Gasteiger partial charge < -0.3 is 15.2 Å². The molecule has 1 amide bonds. The van der Waals surface area contributed by atoms with Crippen LogP contribution in [-0.4, -0.2) is 40.8 Å². The van der Waals surface area contributed by atoms with Crippen LogP contribution in [0.15, 0.2) is 30.9 Å². The molecule has 0 radical (unpaired) electrons. The number of carbonyl (C=O) groups excluding carboxylic acids is 1. The van der Waals surface area contributed by atoms with Gasteiger partial charge in [-0.3, -0.25) is 4.79 Å². The van der Waals surface area contributed by atoms with E-state index in [1.165, 1.54) is 18.2 Å². The molecule has 0 fully saturated rings. The van der Waals surface area contributed by atoms with E-state index in [4.69, 9.17) is 5.11 Å². The highest BCUT2D eigenvalue weighted by Gasteiger charge is 2.29. The molecule has 23 heavy (non-hydrogen) atoms. The third kappa shape index (κ3) is 6.81. The summed E-state index contributed by atoms with van der Waals surface area (Å²) in [4.78, 5) is 26.6. The number of ether oxygens (including phenoxy) is 1. The SMILES string of the molecule is C=CCCC(NC(=O)c1cccc(OCC(F)(F)F)n1)C(=O)O. The first kappa shape index (κ1) is 18.5. The van der Waals surface area contributed by atoms with Crippen LogP contribution >= 0.6 is 0 Å². The summed E-state index contributed by atoms with van der Waals surface area (Å²) in [6.45, 7) is 1.92. The van der Waals surface area contributed by atoms with E-state index in [0.29, 0.717) is 6.42 Å². The molecule has 0 aliphatic heterocycles. The predicted molar refractivity (Wildman–Crippen MR) is 74.1 cm³/mol. The maximum atomic E-state index is 12.1. The van der Waals surface area contributed by atoms with Crippen molar-refractivity contribution in [2.45, 2.75) is 25.1 Å². The van der Waals surface area contributed by atoms with Gasteiger partial charge in [0.15, 0.2) is 6.61 Å². The number of hydrogen-bond donors (Lipinski definition) is 2. The first-order chi connectivity index (χ1) is 10.7. The number of carbonyl (C=O) groups is 2. The average molecular weight is 332 g/mol. The van der Waals surface area contributed by atoms with Gasteiger partial charge in [0.2, 0.25) is 5.88 Å². The van der Waals surface area contributed by atoms with Gasteiger partial charge in [-0.1, -0.05) is 12.1 Å². The lowest BCUT2D eigenvalue weighted by Crippen LogP contribution is -2.41. The number of nitrogens with zero attached hydrogens (tertiary/aromatic N) is 1. The van der Waals surface area contributed by atoms with Gasteiger partial charge in [0, 0.05) is 6.07 Å². The van der Waals surface area contributed by atoms with Gasteiger partial charge in [0.05, 0.1) is 0 Å². The fourth-order valence-corrected chi connectivity index (χ4v) is 1.55. The van der Waals surface area contributed by atoms with Crippen LogP contribution in [0.5, 0.6) is 5.88 Å². The standard InChI is InChI=1S/C14H15F3N2O4/c1-2-3-5-10(13(21)22)19-12(20)9-6-4-7-11(18-9)23-8-14(15,16)17/h2,4,6-7,10H,1,3,5,8H2,(H,19,20)(H,21,22). The first-order valence-corrected chi connectivity index (χ1v) is 6.54. The second-order valence-electron chi connectivity index (χ2n) is 4.50. The van der Waals surface area contributed by atoms with Crippen LogP contribution in [0.3, 0.4) is 0 Å². The van der Waals surface area contributed by atoms with Crippen molar-refractivity contribution in [3.8, 4) is 5.88 Å². The Kier molecular flexibility index (Phi) is 6.55. The number of allylic oxidation sites excluding steroid dienone is 1. The molecule has 1 rings (SSSR count). The van der Waals surface area contributed by atoms with Gasteiger partial charge in [-0.25, -0.2) is 9.78 Å². The summed E-state index contributed by atoms with van der Waals surface area (Å²) in [5, 5.41) is 11.2. The number of nitrogens with one attached hydrogen (secondary N) is 1. The predicted octanol–water partition coefficient (Wildman–Crippen LogP) is 2.17. The molecule has 6 nitrogen and oxygen atoms in total. The van der Waals surface area contributed by atoms with Crippen molar-refractivity contribution >= 4 is 11.9 Å². The van der Waals surface area contributed by atoms with E-state index in [9.17, 15) is 22.8 Å². The summed E-state index contributed by atoms with van der Waals surface area (Å²) in [5.41, 5.74) is -0.241. The summed E-state index contributed by atoms with van der Waals surface area (Å²) in [5.74, 6) is -2.43. The van der Waals surface area contributed by atoms with Gasteiger partial charge in [0.1, 0.15) is 11.7 Å². The molecule has 0 bridgehead atoms. The van der Waals surface area contributed by atoms with Crippen molar-refractivity contribution in [3.05, 3.63) is 36.5 Å². The lowest BCUT2D eigenvalue weighted by atomic mass is 10.1. The van der Waals surface area contributed by atoms with Crippen molar-refractivity contribution in [2.75, 3.05) is 6.61 Å². The number of carboxylic acids is 1. The van der Waals surface area contributed by atoms with Crippen LogP contribution in [0.1, 0.15) is 23.3 Å². The van der Waals surface area contributed by atoms with Crippen molar-refractivity contribution in [3.63, 3.8) is 0 Å². The average Bonchev–Trinajstić information content (AvgIpc) is 2.48. The van der Waals surface area contributed by atoms with Crippen LogP contribution in [0.25, 0.3) is 0 Å². The van der Waals surface area contributed by atoms with Crippen molar-refractivity contribution in [1.29, 1.82) is 0 Å². The van der Waals surface area contributed by atoms with Crippen molar-refractivity contribution in [1.82, 2.24) is 10.3 Å². The molecule has 126 valence electrons. The number of rotatable bonds is 8. The number of hydrogen-bond acceptors (Lipinski definition) is 4. The minimum absolute atomic E-state index is 0.134. The second-order valence-corrected chi connectivity index (χ2v) is 4.50. The van der Waals surface area contributed by atoms with E-state index in [-0.39, 0.29) is 18.0 Å². The Morgan fingerprint density at radius 2 is 2.13 bits per heavy atom.